The Balaban J connectivity index is 1.46. The van der Waals surface area contributed by atoms with E-state index in [0.29, 0.717) is 31.1 Å². The molecule has 26 heavy (non-hydrogen) atoms. The van der Waals surface area contributed by atoms with Crippen LogP contribution in [0, 0.1) is 6.92 Å². The quantitative estimate of drug-likeness (QED) is 0.807. The summed E-state index contributed by atoms with van der Waals surface area (Å²) in [6.07, 6.45) is 0.252. The zero-order valence-electron chi connectivity index (χ0n) is 14.7. The van der Waals surface area contributed by atoms with Crippen LogP contribution in [-0.4, -0.2) is 54.5 Å². The Kier molecular flexibility index (Phi) is 6.32. The molecule has 0 bridgehead atoms. The number of ether oxygens (including phenoxy) is 1. The first-order valence-corrected chi connectivity index (χ1v) is 9.37. The zero-order valence-corrected chi connectivity index (χ0v) is 15.5. The normalized spacial score (nSPS) is 14.8. The second-order valence-corrected chi connectivity index (χ2v) is 7.16. The van der Waals surface area contributed by atoms with Gasteiger partial charge in [-0.25, -0.2) is 4.98 Å². The van der Waals surface area contributed by atoms with Gasteiger partial charge in [-0.05, 0) is 31.2 Å². The lowest BCUT2D eigenvalue weighted by Gasteiger charge is -2.25. The molecule has 1 saturated heterocycles. The summed E-state index contributed by atoms with van der Waals surface area (Å²) in [5.41, 5.74) is 2.17. The topological polar surface area (TPSA) is 83.6 Å². The number of anilines is 2. The van der Waals surface area contributed by atoms with Gasteiger partial charge in [0.1, 0.15) is 0 Å². The molecule has 0 atom stereocenters. The molecule has 0 unspecified atom stereocenters. The molecule has 3 rings (SSSR count). The molecule has 1 aromatic carbocycles. The first kappa shape index (κ1) is 18.5. The van der Waals surface area contributed by atoms with Crippen LogP contribution < -0.4 is 10.6 Å². The van der Waals surface area contributed by atoms with E-state index in [0.717, 1.165) is 23.8 Å². The van der Waals surface area contributed by atoms with Crippen LogP contribution >= 0.6 is 11.3 Å². The van der Waals surface area contributed by atoms with Gasteiger partial charge in [-0.15, -0.1) is 11.3 Å². The molecule has 1 aliphatic rings. The maximum atomic E-state index is 12.1. The maximum absolute atomic E-state index is 12.1. The Bertz CT molecular complexity index is 754. The van der Waals surface area contributed by atoms with Gasteiger partial charge < -0.3 is 15.4 Å². The molecule has 2 amide bonds. The molecule has 0 spiro atoms. The van der Waals surface area contributed by atoms with Gasteiger partial charge in [0, 0.05) is 29.8 Å². The average molecular weight is 374 g/mol. The molecule has 0 radical (unpaired) electrons. The van der Waals surface area contributed by atoms with Crippen molar-refractivity contribution >= 4 is 34.5 Å². The van der Waals surface area contributed by atoms with Gasteiger partial charge in [0.15, 0.2) is 0 Å². The number of benzene rings is 1. The first-order valence-electron chi connectivity index (χ1n) is 8.49. The molecule has 1 fully saturated rings. The lowest BCUT2D eigenvalue weighted by atomic mass is 10.2. The molecule has 2 aromatic rings. The number of hydrogen-bond acceptors (Lipinski definition) is 6. The number of carbonyl (C=O) groups is 2. The van der Waals surface area contributed by atoms with Gasteiger partial charge >= 0.3 is 0 Å². The minimum Gasteiger partial charge on any atom is -0.379 e. The molecule has 2 N–H and O–H groups in total. The average Bonchev–Trinajstić information content (AvgIpc) is 3.02. The highest BCUT2D eigenvalue weighted by molar-refractivity contribution is 7.09. The molecule has 8 heteroatoms. The van der Waals surface area contributed by atoms with E-state index in [2.05, 4.69) is 20.5 Å². The number of rotatable bonds is 6. The van der Waals surface area contributed by atoms with Crippen molar-refractivity contribution < 1.29 is 14.3 Å². The first-order chi connectivity index (χ1) is 12.6. The summed E-state index contributed by atoms with van der Waals surface area (Å²) >= 11 is 1.53. The summed E-state index contributed by atoms with van der Waals surface area (Å²) in [4.78, 5) is 30.5. The highest BCUT2D eigenvalue weighted by Gasteiger charge is 2.14. The van der Waals surface area contributed by atoms with Gasteiger partial charge in [0.2, 0.25) is 11.8 Å². The fourth-order valence-corrected chi connectivity index (χ4v) is 3.27. The van der Waals surface area contributed by atoms with Crippen molar-refractivity contribution in [3.63, 3.8) is 0 Å². The van der Waals surface area contributed by atoms with Crippen LogP contribution in [0.15, 0.2) is 29.6 Å². The van der Waals surface area contributed by atoms with Gasteiger partial charge in [0.25, 0.3) is 0 Å². The third kappa shape index (κ3) is 5.62. The number of amides is 2. The fourth-order valence-electron chi connectivity index (χ4n) is 2.66. The van der Waals surface area contributed by atoms with Crippen molar-refractivity contribution in [1.29, 1.82) is 0 Å². The van der Waals surface area contributed by atoms with Crippen LogP contribution in [0.3, 0.4) is 0 Å². The van der Waals surface area contributed by atoms with E-state index in [4.69, 9.17) is 4.74 Å². The minimum absolute atomic E-state index is 0.0532. The molecule has 138 valence electrons. The van der Waals surface area contributed by atoms with Crippen LogP contribution in [0.25, 0.3) is 0 Å². The number of thiazole rings is 1. The van der Waals surface area contributed by atoms with E-state index in [1.54, 1.807) is 24.3 Å². The number of aromatic nitrogens is 1. The van der Waals surface area contributed by atoms with Crippen molar-refractivity contribution in [2.75, 3.05) is 43.5 Å². The lowest BCUT2D eigenvalue weighted by molar-refractivity contribution is -0.118. The van der Waals surface area contributed by atoms with Crippen molar-refractivity contribution in [3.8, 4) is 0 Å². The fraction of sp³-hybridized carbons (Fsp3) is 0.389. The second-order valence-electron chi connectivity index (χ2n) is 6.10. The molecular weight excluding hydrogens is 352 g/mol. The number of nitrogens with one attached hydrogen (secondary N) is 2. The summed E-state index contributed by atoms with van der Waals surface area (Å²) in [6, 6.07) is 7.10. The predicted molar refractivity (Wildman–Crippen MR) is 102 cm³/mol. The Morgan fingerprint density at radius 1 is 1.12 bits per heavy atom. The van der Waals surface area contributed by atoms with Crippen LogP contribution in [0.5, 0.6) is 0 Å². The number of nitrogens with zero attached hydrogens (tertiary/aromatic N) is 2. The van der Waals surface area contributed by atoms with E-state index in [1.807, 2.05) is 12.3 Å². The third-order valence-electron chi connectivity index (χ3n) is 3.93. The predicted octanol–water partition coefficient (Wildman–Crippen LogP) is 1.90. The van der Waals surface area contributed by atoms with Crippen molar-refractivity contribution in [2.24, 2.45) is 0 Å². The molecule has 2 heterocycles. The van der Waals surface area contributed by atoms with Crippen LogP contribution in [0.1, 0.15) is 10.7 Å². The second kappa shape index (κ2) is 8.88. The highest BCUT2D eigenvalue weighted by Crippen LogP contribution is 2.15. The third-order valence-corrected chi connectivity index (χ3v) is 4.75. The highest BCUT2D eigenvalue weighted by atomic mass is 32.1. The molecule has 0 saturated carbocycles. The monoisotopic (exact) mass is 374 g/mol. The summed E-state index contributed by atoms with van der Waals surface area (Å²) in [7, 11) is 0. The van der Waals surface area contributed by atoms with E-state index in [1.165, 1.54) is 11.3 Å². The Labute approximate surface area is 156 Å². The summed E-state index contributed by atoms with van der Waals surface area (Å²) in [5.74, 6) is -0.165. The van der Waals surface area contributed by atoms with E-state index in [-0.39, 0.29) is 18.2 Å². The number of carbonyl (C=O) groups excluding carboxylic acids is 2. The van der Waals surface area contributed by atoms with Crippen molar-refractivity contribution in [2.45, 2.75) is 13.3 Å². The number of hydrogen-bond donors (Lipinski definition) is 2. The van der Waals surface area contributed by atoms with E-state index < -0.39 is 0 Å². The van der Waals surface area contributed by atoms with Crippen molar-refractivity contribution in [1.82, 2.24) is 9.88 Å². The van der Waals surface area contributed by atoms with Gasteiger partial charge in [0.05, 0.1) is 36.9 Å². The summed E-state index contributed by atoms with van der Waals surface area (Å²) in [6.45, 7) is 5.16. The summed E-state index contributed by atoms with van der Waals surface area (Å²) < 4.78 is 5.27. The van der Waals surface area contributed by atoms with E-state index >= 15 is 0 Å². The van der Waals surface area contributed by atoms with Crippen molar-refractivity contribution in [3.05, 3.63) is 40.3 Å². The minimum atomic E-state index is -0.112. The lowest BCUT2D eigenvalue weighted by Crippen LogP contribution is -2.41. The molecule has 1 aliphatic heterocycles. The van der Waals surface area contributed by atoms with Crippen LogP contribution in [-0.2, 0) is 20.7 Å². The standard InChI is InChI=1S/C18H22N4O3S/c1-13-19-16(12-26-13)10-17(23)20-14-2-4-15(5-3-14)21-18(24)11-22-6-8-25-9-7-22/h2-5,12H,6-11H2,1H3,(H,20,23)(H,21,24). The molecule has 1 aromatic heterocycles. The number of morpholine rings is 1. The molecular formula is C18H22N4O3S. The molecule has 7 nitrogen and oxygen atoms in total. The number of aryl methyl sites for hydroxylation is 1. The largest absolute Gasteiger partial charge is 0.379 e. The van der Waals surface area contributed by atoms with Crippen LogP contribution in [0.4, 0.5) is 11.4 Å². The Morgan fingerprint density at radius 2 is 1.73 bits per heavy atom. The summed E-state index contributed by atoms with van der Waals surface area (Å²) in [5, 5.41) is 8.55. The van der Waals surface area contributed by atoms with Gasteiger partial charge in [-0.1, -0.05) is 0 Å². The van der Waals surface area contributed by atoms with Gasteiger partial charge in [-0.3, -0.25) is 14.5 Å². The Hall–Kier alpha value is -2.29. The zero-order chi connectivity index (χ0) is 18.4. The molecule has 0 aliphatic carbocycles. The smallest absolute Gasteiger partial charge is 0.238 e. The Morgan fingerprint density at radius 3 is 2.31 bits per heavy atom. The SMILES string of the molecule is Cc1nc(CC(=O)Nc2ccc(NC(=O)CN3CCOCC3)cc2)cs1. The van der Waals surface area contributed by atoms with E-state index in [9.17, 15) is 9.59 Å². The van der Waals surface area contributed by atoms with Crippen LogP contribution in [0.2, 0.25) is 0 Å². The van der Waals surface area contributed by atoms with Gasteiger partial charge in [-0.2, -0.15) is 0 Å². The maximum Gasteiger partial charge on any atom is 0.238 e.